The van der Waals surface area contributed by atoms with Crippen molar-refractivity contribution in [1.82, 2.24) is 29.3 Å². The van der Waals surface area contributed by atoms with Crippen LogP contribution in [0.2, 0.25) is 0 Å². The van der Waals surface area contributed by atoms with Crippen LogP contribution in [-0.2, 0) is 0 Å². The standard InChI is InChI=1S/C31H20N6/c1-4-15-32-24(7-1)25-13-12-21-10-11-22(19-27(21)35-25)23-14-17-34-28(20-23)31-30(26-8-2-5-16-33-26)36-29-9-3-6-18-37(29)31/h1-20H. The van der Waals surface area contributed by atoms with Crippen LogP contribution in [0, 0.1) is 0 Å². The molecule has 7 rings (SSSR count). The van der Waals surface area contributed by atoms with Crippen LogP contribution in [-0.4, -0.2) is 29.3 Å². The van der Waals surface area contributed by atoms with E-state index in [9.17, 15) is 0 Å². The van der Waals surface area contributed by atoms with E-state index in [-0.39, 0.29) is 0 Å². The third-order valence-electron chi connectivity index (χ3n) is 6.39. The van der Waals surface area contributed by atoms with Crippen molar-refractivity contribution >= 4 is 16.6 Å². The molecule has 0 N–H and O–H groups in total. The fourth-order valence-corrected chi connectivity index (χ4v) is 4.62. The first-order valence-corrected chi connectivity index (χ1v) is 12.0. The van der Waals surface area contributed by atoms with Crippen LogP contribution < -0.4 is 0 Å². The molecule has 37 heavy (non-hydrogen) atoms. The Hall–Kier alpha value is -5.23. The number of imidazole rings is 1. The minimum Gasteiger partial charge on any atom is -0.298 e. The number of hydrogen-bond donors (Lipinski definition) is 0. The molecule has 6 heterocycles. The van der Waals surface area contributed by atoms with Gasteiger partial charge in [0.05, 0.1) is 28.3 Å². The van der Waals surface area contributed by atoms with E-state index in [1.807, 2.05) is 79.1 Å². The van der Waals surface area contributed by atoms with Crippen molar-refractivity contribution in [3.63, 3.8) is 0 Å². The van der Waals surface area contributed by atoms with Crippen molar-refractivity contribution in [1.29, 1.82) is 0 Å². The number of pyridine rings is 5. The lowest BCUT2D eigenvalue weighted by atomic mass is 10.0. The summed E-state index contributed by atoms with van der Waals surface area (Å²) in [5, 5.41) is 1.08. The summed E-state index contributed by atoms with van der Waals surface area (Å²) in [7, 11) is 0. The second-order valence-electron chi connectivity index (χ2n) is 8.70. The SMILES string of the molecule is c1ccc(-c2ccc3ccc(-c4ccnc(-c5c(-c6ccccn6)nc6ccccn56)c4)cc3n2)nc1. The molecule has 0 aliphatic heterocycles. The zero-order chi connectivity index (χ0) is 24.6. The summed E-state index contributed by atoms with van der Waals surface area (Å²) >= 11 is 0. The maximum atomic E-state index is 4.90. The molecule has 0 radical (unpaired) electrons. The molecule has 0 unspecified atom stereocenters. The van der Waals surface area contributed by atoms with E-state index in [0.29, 0.717) is 0 Å². The van der Waals surface area contributed by atoms with Gasteiger partial charge in [0.15, 0.2) is 0 Å². The topological polar surface area (TPSA) is 68.9 Å². The molecule has 0 atom stereocenters. The minimum absolute atomic E-state index is 0.802. The molecule has 174 valence electrons. The van der Waals surface area contributed by atoms with Gasteiger partial charge in [-0.1, -0.05) is 36.4 Å². The average Bonchev–Trinajstić information content (AvgIpc) is 3.37. The molecular weight excluding hydrogens is 456 g/mol. The summed E-state index contributed by atoms with van der Waals surface area (Å²) in [5.41, 5.74) is 8.94. The second-order valence-corrected chi connectivity index (χ2v) is 8.70. The first kappa shape index (κ1) is 21.1. The maximum absolute atomic E-state index is 4.90. The highest BCUT2D eigenvalue weighted by molar-refractivity contribution is 5.87. The van der Waals surface area contributed by atoms with Gasteiger partial charge < -0.3 is 0 Å². The van der Waals surface area contributed by atoms with Gasteiger partial charge in [-0.3, -0.25) is 19.4 Å². The van der Waals surface area contributed by atoms with Gasteiger partial charge in [0.25, 0.3) is 0 Å². The summed E-state index contributed by atoms with van der Waals surface area (Å²) < 4.78 is 2.07. The Kier molecular flexibility index (Phi) is 5.00. The first-order chi connectivity index (χ1) is 18.3. The van der Waals surface area contributed by atoms with E-state index in [1.165, 1.54) is 0 Å². The van der Waals surface area contributed by atoms with Crippen LogP contribution in [0.1, 0.15) is 0 Å². The number of aromatic nitrogens is 6. The third-order valence-corrected chi connectivity index (χ3v) is 6.39. The molecule has 0 spiro atoms. The fourth-order valence-electron chi connectivity index (χ4n) is 4.62. The molecule has 6 nitrogen and oxygen atoms in total. The lowest BCUT2D eigenvalue weighted by Gasteiger charge is -2.09. The Morgan fingerprint density at radius 3 is 2.11 bits per heavy atom. The molecule has 0 saturated heterocycles. The van der Waals surface area contributed by atoms with Crippen molar-refractivity contribution in [2.75, 3.05) is 0 Å². The van der Waals surface area contributed by atoms with Gasteiger partial charge in [-0.2, -0.15) is 0 Å². The van der Waals surface area contributed by atoms with Gasteiger partial charge in [0.2, 0.25) is 0 Å². The van der Waals surface area contributed by atoms with Crippen molar-refractivity contribution in [2.45, 2.75) is 0 Å². The van der Waals surface area contributed by atoms with Crippen LogP contribution in [0.3, 0.4) is 0 Å². The Labute approximate surface area is 213 Å². The van der Waals surface area contributed by atoms with Crippen LogP contribution >= 0.6 is 0 Å². The largest absolute Gasteiger partial charge is 0.298 e. The highest BCUT2D eigenvalue weighted by Gasteiger charge is 2.18. The van der Waals surface area contributed by atoms with E-state index in [4.69, 9.17) is 15.0 Å². The number of hydrogen-bond acceptors (Lipinski definition) is 5. The first-order valence-electron chi connectivity index (χ1n) is 12.0. The molecule has 0 aliphatic carbocycles. The Balaban J connectivity index is 1.36. The van der Waals surface area contributed by atoms with Crippen molar-refractivity contribution in [2.24, 2.45) is 0 Å². The third kappa shape index (κ3) is 3.81. The van der Waals surface area contributed by atoms with Gasteiger partial charge in [0.1, 0.15) is 17.0 Å². The summed E-state index contributed by atoms with van der Waals surface area (Å²) in [6.45, 7) is 0. The fraction of sp³-hybridized carbons (Fsp3) is 0. The average molecular weight is 477 g/mol. The molecule has 0 fully saturated rings. The van der Waals surface area contributed by atoms with Crippen LogP contribution in [0.25, 0.3) is 61.8 Å². The predicted molar refractivity (Wildman–Crippen MR) is 146 cm³/mol. The molecule has 0 aliphatic rings. The molecule has 6 aromatic heterocycles. The summed E-state index contributed by atoms with van der Waals surface area (Å²) in [5.74, 6) is 0. The highest BCUT2D eigenvalue weighted by Crippen LogP contribution is 2.33. The number of benzene rings is 1. The van der Waals surface area contributed by atoms with Crippen LogP contribution in [0.4, 0.5) is 0 Å². The van der Waals surface area contributed by atoms with Gasteiger partial charge >= 0.3 is 0 Å². The van der Waals surface area contributed by atoms with E-state index in [1.54, 1.807) is 12.4 Å². The Bertz CT molecular complexity index is 1880. The zero-order valence-corrected chi connectivity index (χ0v) is 19.7. The van der Waals surface area contributed by atoms with Crippen molar-refractivity contribution in [3.05, 3.63) is 122 Å². The number of fused-ring (bicyclic) bond motifs is 2. The number of nitrogens with zero attached hydrogens (tertiary/aromatic N) is 6. The monoisotopic (exact) mass is 476 g/mol. The van der Waals surface area contributed by atoms with Gasteiger partial charge in [-0.15, -0.1) is 0 Å². The molecule has 1 aromatic carbocycles. The van der Waals surface area contributed by atoms with E-state index < -0.39 is 0 Å². The van der Waals surface area contributed by atoms with E-state index in [2.05, 4.69) is 44.7 Å². The molecule has 0 bridgehead atoms. The quantitative estimate of drug-likeness (QED) is 0.282. The van der Waals surface area contributed by atoms with E-state index >= 15 is 0 Å². The predicted octanol–water partition coefficient (Wildman–Crippen LogP) is 6.74. The Morgan fingerprint density at radius 1 is 0.514 bits per heavy atom. The zero-order valence-electron chi connectivity index (χ0n) is 19.7. The second kappa shape index (κ2) is 8.77. The summed E-state index contributed by atoms with van der Waals surface area (Å²) in [6.07, 6.45) is 7.43. The maximum Gasteiger partial charge on any atom is 0.138 e. The highest BCUT2D eigenvalue weighted by atomic mass is 15.0. The minimum atomic E-state index is 0.802. The Morgan fingerprint density at radius 2 is 1.27 bits per heavy atom. The summed E-state index contributed by atoms with van der Waals surface area (Å²) in [4.78, 5) is 23.5. The summed E-state index contributed by atoms with van der Waals surface area (Å²) in [6, 6.07) is 32.3. The number of rotatable bonds is 4. The van der Waals surface area contributed by atoms with Crippen molar-refractivity contribution < 1.29 is 0 Å². The molecular formula is C31H20N6. The molecule has 7 aromatic rings. The lowest BCUT2D eigenvalue weighted by molar-refractivity contribution is 1.16. The van der Waals surface area contributed by atoms with Gasteiger partial charge in [0, 0.05) is 30.2 Å². The van der Waals surface area contributed by atoms with Gasteiger partial charge in [-0.25, -0.2) is 9.97 Å². The smallest absolute Gasteiger partial charge is 0.138 e. The lowest BCUT2D eigenvalue weighted by Crippen LogP contribution is -1.94. The van der Waals surface area contributed by atoms with Gasteiger partial charge in [-0.05, 0) is 71.8 Å². The molecule has 0 saturated carbocycles. The van der Waals surface area contributed by atoms with Crippen LogP contribution in [0.5, 0.6) is 0 Å². The molecule has 6 heteroatoms. The molecule has 0 amide bonds. The van der Waals surface area contributed by atoms with Crippen molar-refractivity contribution in [3.8, 4) is 45.3 Å². The normalized spacial score (nSPS) is 11.2. The van der Waals surface area contributed by atoms with E-state index in [0.717, 1.165) is 61.8 Å². The van der Waals surface area contributed by atoms with Crippen LogP contribution in [0.15, 0.2) is 122 Å².